The predicted molar refractivity (Wildman–Crippen MR) is 125 cm³/mol. The van der Waals surface area contributed by atoms with Gasteiger partial charge in [0.05, 0.1) is 20.5 Å². The number of hydrogen-bond donors (Lipinski definition) is 0. The smallest absolute Gasteiger partial charge is 0.294 e. The summed E-state index contributed by atoms with van der Waals surface area (Å²) in [7, 11) is 3.19. The lowest BCUT2D eigenvalue weighted by atomic mass is 10.0. The molecule has 6 nitrogen and oxygen atoms in total. The van der Waals surface area contributed by atoms with Crippen LogP contribution in [0.1, 0.15) is 29.0 Å². The van der Waals surface area contributed by atoms with Crippen LogP contribution in [0, 0.1) is 0 Å². The van der Waals surface area contributed by atoms with Gasteiger partial charge in [-0.2, -0.15) is 0 Å². The Kier molecular flexibility index (Phi) is 7.02. The van der Waals surface area contributed by atoms with Gasteiger partial charge in [-0.05, 0) is 54.8 Å². The fourth-order valence-electron chi connectivity index (χ4n) is 4.17. The third kappa shape index (κ3) is 4.92. The van der Waals surface area contributed by atoms with Crippen LogP contribution in [-0.4, -0.2) is 44.2 Å². The molecule has 1 saturated heterocycles. The Morgan fingerprint density at radius 1 is 1.06 bits per heavy atom. The van der Waals surface area contributed by atoms with Crippen LogP contribution in [0.4, 0.5) is 5.69 Å². The summed E-state index contributed by atoms with van der Waals surface area (Å²) in [6, 6.07) is 17.0. The van der Waals surface area contributed by atoms with Gasteiger partial charge >= 0.3 is 0 Å². The van der Waals surface area contributed by atoms with E-state index in [9.17, 15) is 4.79 Å². The van der Waals surface area contributed by atoms with Crippen molar-refractivity contribution >= 4 is 23.2 Å². The highest BCUT2D eigenvalue weighted by atomic mass is 35.5. The molecule has 0 saturated carbocycles. The van der Waals surface area contributed by atoms with E-state index in [2.05, 4.69) is 17.0 Å². The second kappa shape index (κ2) is 10.1. The van der Waals surface area contributed by atoms with Gasteiger partial charge in [0.25, 0.3) is 5.91 Å². The molecule has 1 fully saturated rings. The number of nitrogens with zero attached hydrogens (tertiary/aromatic N) is 2. The van der Waals surface area contributed by atoms with Gasteiger partial charge in [-0.15, -0.1) is 0 Å². The minimum Gasteiger partial charge on any atom is -0.493 e. The number of benzene rings is 2. The largest absolute Gasteiger partial charge is 0.493 e. The van der Waals surface area contributed by atoms with Gasteiger partial charge in [0.2, 0.25) is 0 Å². The number of ether oxygens (including phenoxy) is 2. The molecule has 1 amide bonds. The Bertz CT molecular complexity index is 1030. The summed E-state index contributed by atoms with van der Waals surface area (Å²) in [5.74, 6) is 1.38. The number of anilines is 1. The molecule has 2 aromatic carbocycles. The van der Waals surface area contributed by atoms with Crippen molar-refractivity contribution in [2.75, 3.05) is 32.2 Å². The van der Waals surface area contributed by atoms with E-state index in [0.29, 0.717) is 17.3 Å². The summed E-state index contributed by atoms with van der Waals surface area (Å²) in [5, 5.41) is 0.745. The number of likely N-dealkylation sites (tertiary alicyclic amines) is 1. The summed E-state index contributed by atoms with van der Waals surface area (Å²) < 4.78 is 16.3. The van der Waals surface area contributed by atoms with Gasteiger partial charge in [-0.25, -0.2) is 0 Å². The Labute approximate surface area is 193 Å². The molecule has 1 aliphatic rings. The molecule has 0 N–H and O–H groups in total. The molecule has 4 rings (SSSR count). The maximum absolute atomic E-state index is 13.4. The first-order chi connectivity index (χ1) is 15.6. The molecule has 0 radical (unpaired) electrons. The fraction of sp³-hybridized carbons (Fsp3) is 0.320. The number of methoxy groups -OCH3 is 2. The first-order valence-electron chi connectivity index (χ1n) is 10.6. The fourth-order valence-corrected chi connectivity index (χ4v) is 4.30. The topological polar surface area (TPSA) is 55.2 Å². The van der Waals surface area contributed by atoms with Crippen molar-refractivity contribution in [1.29, 1.82) is 0 Å². The highest BCUT2D eigenvalue weighted by molar-refractivity contribution is 6.30. The molecule has 2 heterocycles. The first-order valence-corrected chi connectivity index (χ1v) is 11.0. The molecule has 0 bridgehead atoms. The molecule has 3 aromatic rings. The molecule has 1 aliphatic heterocycles. The summed E-state index contributed by atoms with van der Waals surface area (Å²) in [6.45, 7) is 2.65. The van der Waals surface area contributed by atoms with Crippen LogP contribution in [0.15, 0.2) is 65.3 Å². The SMILES string of the molecule is COc1ccc(N(C(=O)c2ccco2)C2CCN(Cc3ccc(Cl)cc3)CC2)cc1OC. The number of halogens is 1. The van der Waals surface area contributed by atoms with Crippen LogP contribution in [0.2, 0.25) is 5.02 Å². The van der Waals surface area contributed by atoms with Crippen molar-refractivity contribution in [3.8, 4) is 11.5 Å². The summed E-state index contributed by atoms with van der Waals surface area (Å²) in [6.07, 6.45) is 3.23. The maximum atomic E-state index is 13.4. The van der Waals surface area contributed by atoms with Crippen molar-refractivity contribution in [1.82, 2.24) is 4.90 Å². The molecule has 32 heavy (non-hydrogen) atoms. The van der Waals surface area contributed by atoms with Crippen molar-refractivity contribution in [2.45, 2.75) is 25.4 Å². The highest BCUT2D eigenvalue weighted by Crippen LogP contribution is 2.34. The zero-order valence-corrected chi connectivity index (χ0v) is 19.0. The van der Waals surface area contributed by atoms with Crippen LogP contribution < -0.4 is 14.4 Å². The first kappa shape index (κ1) is 22.2. The van der Waals surface area contributed by atoms with Gasteiger partial charge in [0.15, 0.2) is 17.3 Å². The van der Waals surface area contributed by atoms with Crippen LogP contribution in [0.25, 0.3) is 0 Å². The Balaban J connectivity index is 1.53. The number of carbonyl (C=O) groups excluding carboxylic acids is 1. The summed E-state index contributed by atoms with van der Waals surface area (Å²) in [4.78, 5) is 17.6. The monoisotopic (exact) mass is 454 g/mol. The van der Waals surface area contributed by atoms with E-state index in [1.165, 1.54) is 11.8 Å². The van der Waals surface area contributed by atoms with Crippen LogP contribution in [0.3, 0.4) is 0 Å². The number of hydrogen-bond acceptors (Lipinski definition) is 5. The van der Waals surface area contributed by atoms with E-state index in [0.717, 1.165) is 43.2 Å². The van der Waals surface area contributed by atoms with E-state index in [-0.39, 0.29) is 11.9 Å². The van der Waals surface area contributed by atoms with Crippen LogP contribution in [0.5, 0.6) is 11.5 Å². The molecular formula is C25H27ClN2O4. The normalized spacial score (nSPS) is 14.8. The number of rotatable bonds is 7. The lowest BCUT2D eigenvalue weighted by molar-refractivity contribution is 0.0931. The van der Waals surface area contributed by atoms with Gasteiger partial charge in [-0.3, -0.25) is 9.69 Å². The molecule has 0 aliphatic carbocycles. The Hall–Kier alpha value is -2.96. The highest BCUT2D eigenvalue weighted by Gasteiger charge is 2.31. The van der Waals surface area contributed by atoms with Gasteiger partial charge in [-0.1, -0.05) is 23.7 Å². The van der Waals surface area contributed by atoms with Crippen molar-refractivity contribution in [3.63, 3.8) is 0 Å². The number of piperidine rings is 1. The third-order valence-electron chi connectivity index (χ3n) is 5.84. The van der Waals surface area contributed by atoms with E-state index < -0.39 is 0 Å². The summed E-state index contributed by atoms with van der Waals surface area (Å²) in [5.41, 5.74) is 2.00. The standard InChI is InChI=1S/C25H27ClN2O4/c1-30-22-10-9-21(16-24(22)31-2)28(25(29)23-4-3-15-32-23)20-11-13-27(14-12-20)17-18-5-7-19(26)8-6-18/h3-10,15-16,20H,11-14,17H2,1-2H3. The average molecular weight is 455 g/mol. The average Bonchev–Trinajstić information content (AvgIpc) is 3.37. The molecule has 0 unspecified atom stereocenters. The van der Waals surface area contributed by atoms with E-state index in [1.54, 1.807) is 26.4 Å². The van der Waals surface area contributed by atoms with Crippen molar-refractivity contribution < 1.29 is 18.7 Å². The molecular weight excluding hydrogens is 428 g/mol. The molecule has 7 heteroatoms. The molecule has 0 atom stereocenters. The van der Waals surface area contributed by atoms with Crippen molar-refractivity contribution in [3.05, 3.63) is 77.2 Å². The number of furan rings is 1. The number of amides is 1. The van der Waals surface area contributed by atoms with Crippen LogP contribution >= 0.6 is 11.6 Å². The quantitative estimate of drug-likeness (QED) is 0.487. The second-order valence-corrected chi connectivity index (χ2v) is 8.26. The van der Waals surface area contributed by atoms with E-state index in [1.807, 2.05) is 35.2 Å². The minimum absolute atomic E-state index is 0.0483. The maximum Gasteiger partial charge on any atom is 0.294 e. The van der Waals surface area contributed by atoms with Gasteiger partial charge in [0.1, 0.15) is 0 Å². The predicted octanol–water partition coefficient (Wildman–Crippen LogP) is 5.26. The molecule has 1 aromatic heterocycles. The summed E-state index contributed by atoms with van der Waals surface area (Å²) >= 11 is 6.00. The second-order valence-electron chi connectivity index (χ2n) is 7.83. The number of carbonyl (C=O) groups is 1. The minimum atomic E-state index is -0.154. The molecule has 0 spiro atoms. The lowest BCUT2D eigenvalue weighted by Gasteiger charge is -2.38. The Morgan fingerprint density at radius 3 is 2.41 bits per heavy atom. The third-order valence-corrected chi connectivity index (χ3v) is 6.09. The zero-order valence-electron chi connectivity index (χ0n) is 18.3. The van der Waals surface area contributed by atoms with Gasteiger partial charge < -0.3 is 18.8 Å². The van der Waals surface area contributed by atoms with Crippen molar-refractivity contribution in [2.24, 2.45) is 0 Å². The molecule has 168 valence electrons. The lowest BCUT2D eigenvalue weighted by Crippen LogP contribution is -2.47. The van der Waals surface area contributed by atoms with Gasteiger partial charge in [0, 0.05) is 42.5 Å². The van der Waals surface area contributed by atoms with E-state index in [4.69, 9.17) is 25.5 Å². The Morgan fingerprint density at radius 2 is 1.78 bits per heavy atom. The van der Waals surface area contributed by atoms with E-state index >= 15 is 0 Å². The van der Waals surface area contributed by atoms with Crippen LogP contribution in [-0.2, 0) is 6.54 Å². The zero-order chi connectivity index (χ0) is 22.5.